The fourth-order valence-electron chi connectivity index (χ4n) is 2.63. The quantitative estimate of drug-likeness (QED) is 0.724. The van der Waals surface area contributed by atoms with Gasteiger partial charge in [0.25, 0.3) is 0 Å². The fraction of sp³-hybridized carbons (Fsp3) is 0.571. The van der Waals surface area contributed by atoms with Crippen molar-refractivity contribution in [2.24, 2.45) is 0 Å². The van der Waals surface area contributed by atoms with Gasteiger partial charge >= 0.3 is 0 Å². The van der Waals surface area contributed by atoms with Crippen molar-refractivity contribution in [2.75, 3.05) is 12.4 Å². The molecule has 0 spiro atoms. The van der Waals surface area contributed by atoms with Crippen LogP contribution in [0.25, 0.3) is 0 Å². The van der Waals surface area contributed by atoms with E-state index in [-0.39, 0.29) is 10.8 Å². The molecule has 1 nitrogen and oxygen atoms in total. The third kappa shape index (κ3) is 3.37. The van der Waals surface area contributed by atoms with Crippen LogP contribution in [0.4, 0.5) is 4.39 Å². The van der Waals surface area contributed by atoms with Crippen LogP contribution in [-0.4, -0.2) is 23.4 Å². The van der Waals surface area contributed by atoms with Gasteiger partial charge in [-0.2, -0.15) is 0 Å². The molecule has 100 valence electrons. The first kappa shape index (κ1) is 14.1. The second-order valence-electron chi connectivity index (χ2n) is 4.81. The van der Waals surface area contributed by atoms with Gasteiger partial charge in [0.15, 0.2) is 0 Å². The molecule has 1 unspecified atom stereocenters. The minimum absolute atomic E-state index is 0.212. The van der Waals surface area contributed by atoms with E-state index in [1.807, 2.05) is 12.1 Å². The molecule has 0 N–H and O–H groups in total. The van der Waals surface area contributed by atoms with Crippen molar-refractivity contribution in [1.29, 1.82) is 0 Å². The Morgan fingerprint density at radius 3 is 3.00 bits per heavy atom. The molecule has 1 heterocycles. The summed E-state index contributed by atoms with van der Waals surface area (Å²) < 4.78 is 13.9. The van der Waals surface area contributed by atoms with Crippen molar-refractivity contribution < 1.29 is 4.39 Å². The first-order valence-electron chi connectivity index (χ1n) is 6.45. The van der Waals surface area contributed by atoms with E-state index in [1.165, 1.54) is 12.8 Å². The monoisotopic (exact) mass is 289 g/mol. The molecular formula is C14H18Cl2FN. The lowest BCUT2D eigenvalue weighted by atomic mass is 10.1. The molecule has 1 aromatic rings. The van der Waals surface area contributed by atoms with E-state index in [9.17, 15) is 4.39 Å². The molecule has 1 aromatic carbocycles. The van der Waals surface area contributed by atoms with Crippen LogP contribution < -0.4 is 0 Å². The summed E-state index contributed by atoms with van der Waals surface area (Å²) in [6.45, 7) is 1.69. The Morgan fingerprint density at radius 1 is 1.39 bits per heavy atom. The van der Waals surface area contributed by atoms with Gasteiger partial charge in [-0.15, -0.1) is 11.6 Å². The summed E-state index contributed by atoms with van der Waals surface area (Å²) in [4.78, 5) is 2.35. The van der Waals surface area contributed by atoms with E-state index in [1.54, 1.807) is 6.07 Å². The van der Waals surface area contributed by atoms with Crippen LogP contribution in [0, 0.1) is 5.82 Å². The molecule has 0 aromatic heterocycles. The summed E-state index contributed by atoms with van der Waals surface area (Å²) in [5, 5.41) is 0.212. The largest absolute Gasteiger partial charge is 0.296 e. The van der Waals surface area contributed by atoms with Crippen LogP contribution in [0.1, 0.15) is 31.2 Å². The molecule has 4 heteroatoms. The highest BCUT2D eigenvalue weighted by Gasteiger charge is 2.24. The topological polar surface area (TPSA) is 3.24 Å². The molecule has 0 aliphatic carbocycles. The zero-order valence-corrected chi connectivity index (χ0v) is 11.9. The van der Waals surface area contributed by atoms with E-state index in [2.05, 4.69) is 4.90 Å². The number of benzene rings is 1. The summed E-state index contributed by atoms with van der Waals surface area (Å²) >= 11 is 11.5. The SMILES string of the molecule is Fc1c(Cl)cccc1CN1CCCC1CCCCl. The minimum atomic E-state index is -0.276. The van der Waals surface area contributed by atoms with E-state index < -0.39 is 0 Å². The predicted octanol–water partition coefficient (Wildman–Crippen LogP) is 4.46. The summed E-state index contributed by atoms with van der Waals surface area (Å²) in [5.74, 6) is 0.428. The van der Waals surface area contributed by atoms with Gasteiger partial charge in [-0.1, -0.05) is 23.7 Å². The highest BCUT2D eigenvalue weighted by molar-refractivity contribution is 6.30. The molecule has 0 saturated carbocycles. The van der Waals surface area contributed by atoms with Crippen LogP contribution in [0.15, 0.2) is 18.2 Å². The van der Waals surface area contributed by atoms with Gasteiger partial charge in [-0.3, -0.25) is 4.90 Å². The van der Waals surface area contributed by atoms with Crippen molar-refractivity contribution in [2.45, 2.75) is 38.3 Å². The van der Waals surface area contributed by atoms with Crippen molar-refractivity contribution in [1.82, 2.24) is 4.90 Å². The van der Waals surface area contributed by atoms with Crippen LogP contribution in [0.5, 0.6) is 0 Å². The lowest BCUT2D eigenvalue weighted by Gasteiger charge is -2.24. The Balaban J connectivity index is 2.01. The molecule has 1 saturated heterocycles. The Kier molecular flexibility index (Phi) is 5.28. The molecule has 1 aliphatic rings. The zero-order valence-electron chi connectivity index (χ0n) is 10.3. The van der Waals surface area contributed by atoms with Gasteiger partial charge in [0.2, 0.25) is 0 Å². The van der Waals surface area contributed by atoms with Gasteiger partial charge in [0.1, 0.15) is 5.82 Å². The third-order valence-corrected chi connectivity index (χ3v) is 4.13. The highest BCUT2D eigenvalue weighted by atomic mass is 35.5. The average molecular weight is 290 g/mol. The van der Waals surface area contributed by atoms with Crippen LogP contribution in [0.3, 0.4) is 0 Å². The maximum Gasteiger partial charge on any atom is 0.146 e. The normalized spacial score (nSPS) is 20.5. The lowest BCUT2D eigenvalue weighted by molar-refractivity contribution is 0.231. The molecule has 0 amide bonds. The first-order valence-corrected chi connectivity index (χ1v) is 7.36. The molecule has 1 atom stereocenters. The van der Waals surface area contributed by atoms with E-state index >= 15 is 0 Å². The molecule has 1 fully saturated rings. The Labute approximate surface area is 118 Å². The molecule has 1 aliphatic heterocycles. The fourth-order valence-corrected chi connectivity index (χ4v) is 2.98. The summed E-state index contributed by atoms with van der Waals surface area (Å²) in [6, 6.07) is 5.76. The number of halogens is 3. The summed E-state index contributed by atoms with van der Waals surface area (Å²) in [7, 11) is 0. The van der Waals surface area contributed by atoms with E-state index in [4.69, 9.17) is 23.2 Å². The number of alkyl halides is 1. The van der Waals surface area contributed by atoms with E-state index in [0.717, 1.165) is 19.4 Å². The first-order chi connectivity index (χ1) is 8.72. The van der Waals surface area contributed by atoms with Crippen LogP contribution in [0.2, 0.25) is 5.02 Å². The standard InChI is InChI=1S/C14H18Cl2FN/c15-8-2-5-12-6-3-9-18(12)10-11-4-1-7-13(16)14(11)17/h1,4,7,12H,2-3,5-6,8-10H2. The highest BCUT2D eigenvalue weighted by Crippen LogP contribution is 2.26. The molecule has 18 heavy (non-hydrogen) atoms. The summed E-state index contributed by atoms with van der Waals surface area (Å²) in [6.07, 6.45) is 4.51. The second kappa shape index (κ2) is 6.74. The number of hydrogen-bond donors (Lipinski definition) is 0. The van der Waals surface area contributed by atoms with Gasteiger partial charge in [-0.05, 0) is 38.3 Å². The third-order valence-electron chi connectivity index (χ3n) is 3.58. The van der Waals surface area contributed by atoms with Crippen LogP contribution in [-0.2, 0) is 6.54 Å². The van der Waals surface area contributed by atoms with Crippen molar-refractivity contribution >= 4 is 23.2 Å². The van der Waals surface area contributed by atoms with Gasteiger partial charge in [0.05, 0.1) is 5.02 Å². The van der Waals surface area contributed by atoms with Crippen molar-refractivity contribution in [3.8, 4) is 0 Å². The maximum absolute atomic E-state index is 13.9. The predicted molar refractivity (Wildman–Crippen MR) is 74.8 cm³/mol. The zero-order chi connectivity index (χ0) is 13.0. The van der Waals surface area contributed by atoms with Gasteiger partial charge in [-0.25, -0.2) is 4.39 Å². The molecular weight excluding hydrogens is 272 g/mol. The number of likely N-dealkylation sites (tertiary alicyclic amines) is 1. The van der Waals surface area contributed by atoms with Gasteiger partial charge < -0.3 is 0 Å². The Morgan fingerprint density at radius 2 is 2.22 bits per heavy atom. The van der Waals surface area contributed by atoms with E-state index in [0.29, 0.717) is 24.0 Å². The van der Waals surface area contributed by atoms with Gasteiger partial charge in [0, 0.05) is 24.0 Å². The number of nitrogens with zero attached hydrogens (tertiary/aromatic N) is 1. The van der Waals surface area contributed by atoms with Crippen LogP contribution >= 0.6 is 23.2 Å². The van der Waals surface area contributed by atoms with Crippen molar-refractivity contribution in [3.63, 3.8) is 0 Å². The lowest BCUT2D eigenvalue weighted by Crippen LogP contribution is -2.29. The molecule has 2 rings (SSSR count). The number of hydrogen-bond acceptors (Lipinski definition) is 1. The smallest absolute Gasteiger partial charge is 0.146 e. The summed E-state index contributed by atoms with van der Waals surface area (Å²) in [5.41, 5.74) is 0.695. The molecule has 0 radical (unpaired) electrons. The Hall–Kier alpha value is -0.310. The maximum atomic E-state index is 13.9. The number of rotatable bonds is 5. The average Bonchev–Trinajstić information content (AvgIpc) is 2.80. The van der Waals surface area contributed by atoms with Crippen molar-refractivity contribution in [3.05, 3.63) is 34.6 Å². The Bertz CT molecular complexity index is 397. The molecule has 0 bridgehead atoms. The minimum Gasteiger partial charge on any atom is -0.296 e. The second-order valence-corrected chi connectivity index (χ2v) is 5.60.